The van der Waals surface area contributed by atoms with Crippen molar-refractivity contribution in [2.45, 2.75) is 5.33 Å². The van der Waals surface area contributed by atoms with Crippen LogP contribution in [0.1, 0.15) is 21.5 Å². The average Bonchev–Trinajstić information content (AvgIpc) is 2.35. The second-order valence-electron chi connectivity index (χ2n) is 3.03. The number of nitro benzene ring substituents is 1. The molecule has 88 valence electrons. The predicted molar refractivity (Wildman–Crippen MR) is 61.8 cm³/mol. The van der Waals surface area contributed by atoms with Crippen LogP contribution in [0.25, 0.3) is 0 Å². The molecule has 1 rings (SSSR count). The molecule has 0 N–H and O–H groups in total. The SMILES string of the molecule is COC(=O)c1cc(C#N)cc(CBr)c1[N+](=O)[O-]. The molecule has 0 atom stereocenters. The lowest BCUT2D eigenvalue weighted by molar-refractivity contribution is -0.385. The Bertz CT molecular complexity index is 522. The van der Waals surface area contributed by atoms with E-state index in [1.54, 1.807) is 0 Å². The smallest absolute Gasteiger partial charge is 0.344 e. The van der Waals surface area contributed by atoms with Crippen molar-refractivity contribution in [3.8, 4) is 6.07 Å². The zero-order chi connectivity index (χ0) is 13.0. The van der Waals surface area contributed by atoms with Gasteiger partial charge in [0, 0.05) is 10.9 Å². The molecule has 0 heterocycles. The van der Waals surface area contributed by atoms with Gasteiger partial charge in [0.15, 0.2) is 0 Å². The van der Waals surface area contributed by atoms with E-state index < -0.39 is 10.9 Å². The van der Waals surface area contributed by atoms with Crippen LogP contribution in [0.5, 0.6) is 0 Å². The van der Waals surface area contributed by atoms with Crippen LogP contribution in [-0.2, 0) is 10.1 Å². The summed E-state index contributed by atoms with van der Waals surface area (Å²) in [5, 5.41) is 19.9. The van der Waals surface area contributed by atoms with E-state index in [4.69, 9.17) is 5.26 Å². The summed E-state index contributed by atoms with van der Waals surface area (Å²) in [6, 6.07) is 4.35. The minimum absolute atomic E-state index is 0.169. The maximum atomic E-state index is 11.4. The van der Waals surface area contributed by atoms with Gasteiger partial charge >= 0.3 is 5.97 Å². The van der Waals surface area contributed by atoms with Crippen LogP contribution in [-0.4, -0.2) is 18.0 Å². The van der Waals surface area contributed by atoms with Crippen molar-refractivity contribution in [2.24, 2.45) is 0 Å². The molecule has 0 amide bonds. The van der Waals surface area contributed by atoms with Gasteiger partial charge in [0.2, 0.25) is 0 Å². The van der Waals surface area contributed by atoms with Gasteiger partial charge in [-0.15, -0.1) is 0 Å². The Labute approximate surface area is 105 Å². The Morgan fingerprint density at radius 1 is 1.65 bits per heavy atom. The maximum absolute atomic E-state index is 11.4. The fourth-order valence-electron chi connectivity index (χ4n) is 1.34. The van der Waals surface area contributed by atoms with Gasteiger partial charge in [-0.2, -0.15) is 5.26 Å². The summed E-state index contributed by atoms with van der Waals surface area (Å²) in [7, 11) is 1.12. The van der Waals surface area contributed by atoms with Gasteiger partial charge in [-0.05, 0) is 12.1 Å². The molecule has 0 aliphatic heterocycles. The first kappa shape index (κ1) is 13.1. The highest BCUT2D eigenvalue weighted by Crippen LogP contribution is 2.28. The number of esters is 1. The van der Waals surface area contributed by atoms with Gasteiger partial charge in [0.1, 0.15) is 5.56 Å². The monoisotopic (exact) mass is 298 g/mol. The zero-order valence-electron chi connectivity index (χ0n) is 8.77. The Morgan fingerprint density at radius 3 is 2.71 bits per heavy atom. The molecular weight excluding hydrogens is 292 g/mol. The molecule has 0 aliphatic rings. The van der Waals surface area contributed by atoms with E-state index in [0.29, 0.717) is 0 Å². The summed E-state index contributed by atoms with van der Waals surface area (Å²) in [5.74, 6) is -0.837. The summed E-state index contributed by atoms with van der Waals surface area (Å²) in [6.07, 6.45) is 0. The van der Waals surface area contributed by atoms with Gasteiger partial charge < -0.3 is 4.74 Å². The van der Waals surface area contributed by atoms with Crippen LogP contribution in [0.15, 0.2) is 12.1 Å². The minimum Gasteiger partial charge on any atom is -0.465 e. The second-order valence-corrected chi connectivity index (χ2v) is 3.59. The molecule has 6 nitrogen and oxygen atoms in total. The molecule has 0 saturated heterocycles. The zero-order valence-corrected chi connectivity index (χ0v) is 10.4. The Hall–Kier alpha value is -1.94. The van der Waals surface area contributed by atoms with Crippen LogP contribution in [0.4, 0.5) is 5.69 Å². The highest BCUT2D eigenvalue weighted by atomic mass is 79.9. The molecule has 0 fully saturated rings. The first-order valence-electron chi connectivity index (χ1n) is 4.40. The van der Waals surface area contributed by atoms with Crippen LogP contribution in [0.2, 0.25) is 0 Å². The fraction of sp³-hybridized carbons (Fsp3) is 0.200. The Morgan fingerprint density at radius 2 is 2.29 bits per heavy atom. The fourth-order valence-corrected chi connectivity index (χ4v) is 1.77. The van der Waals surface area contributed by atoms with Crippen molar-refractivity contribution in [1.29, 1.82) is 5.26 Å². The number of hydrogen-bond acceptors (Lipinski definition) is 5. The number of carbonyl (C=O) groups is 1. The van der Waals surface area contributed by atoms with Crippen LogP contribution in [0.3, 0.4) is 0 Å². The van der Waals surface area contributed by atoms with Gasteiger partial charge in [0.25, 0.3) is 5.69 Å². The first-order valence-corrected chi connectivity index (χ1v) is 5.53. The van der Waals surface area contributed by atoms with E-state index in [-0.39, 0.29) is 27.7 Å². The average molecular weight is 299 g/mol. The lowest BCUT2D eigenvalue weighted by atomic mass is 10.0. The summed E-state index contributed by atoms with van der Waals surface area (Å²) in [6.45, 7) is 0. The largest absolute Gasteiger partial charge is 0.465 e. The molecule has 7 heteroatoms. The molecule has 1 aromatic carbocycles. The van der Waals surface area contributed by atoms with Crippen molar-refractivity contribution in [1.82, 2.24) is 0 Å². The molecule has 0 radical (unpaired) electrons. The lowest BCUT2D eigenvalue weighted by Crippen LogP contribution is -2.08. The topological polar surface area (TPSA) is 93.2 Å². The van der Waals surface area contributed by atoms with Crippen molar-refractivity contribution in [3.63, 3.8) is 0 Å². The number of nitrogens with zero attached hydrogens (tertiary/aromatic N) is 2. The van der Waals surface area contributed by atoms with Gasteiger partial charge in [-0.25, -0.2) is 4.79 Å². The normalized spacial score (nSPS) is 9.47. The van der Waals surface area contributed by atoms with Crippen molar-refractivity contribution < 1.29 is 14.5 Å². The third-order valence-corrected chi connectivity index (χ3v) is 2.65. The van der Waals surface area contributed by atoms with E-state index in [1.807, 2.05) is 6.07 Å². The quantitative estimate of drug-likeness (QED) is 0.369. The number of carbonyl (C=O) groups excluding carboxylic acids is 1. The standard InChI is InChI=1S/C10H7BrN2O4/c1-17-10(14)8-3-6(5-12)2-7(4-11)9(8)13(15)16/h2-3H,4H2,1H3. The molecule has 0 bridgehead atoms. The number of ether oxygens (including phenoxy) is 1. The number of nitriles is 1. The summed E-state index contributed by atoms with van der Waals surface area (Å²) < 4.78 is 4.46. The van der Waals surface area contributed by atoms with Crippen molar-refractivity contribution in [2.75, 3.05) is 7.11 Å². The highest BCUT2D eigenvalue weighted by Gasteiger charge is 2.25. The second kappa shape index (κ2) is 5.41. The van der Waals surface area contributed by atoms with E-state index in [2.05, 4.69) is 20.7 Å². The Balaban J connectivity index is 3.59. The van der Waals surface area contributed by atoms with E-state index in [0.717, 1.165) is 13.2 Å². The number of nitro groups is 1. The number of benzene rings is 1. The van der Waals surface area contributed by atoms with Crippen LogP contribution < -0.4 is 0 Å². The third kappa shape index (κ3) is 2.60. The summed E-state index contributed by atoms with van der Waals surface area (Å²) in [5.41, 5.74) is -0.126. The highest BCUT2D eigenvalue weighted by molar-refractivity contribution is 9.08. The molecule has 0 spiro atoms. The van der Waals surface area contributed by atoms with Gasteiger partial charge in [-0.1, -0.05) is 15.9 Å². The number of rotatable bonds is 3. The molecule has 0 saturated carbocycles. The number of alkyl halides is 1. The molecule has 0 aromatic heterocycles. The van der Waals surface area contributed by atoms with Crippen LogP contribution in [0, 0.1) is 21.4 Å². The molecule has 0 unspecified atom stereocenters. The maximum Gasteiger partial charge on any atom is 0.344 e. The first-order chi connectivity index (χ1) is 8.04. The lowest BCUT2D eigenvalue weighted by Gasteiger charge is -2.05. The molecule has 17 heavy (non-hydrogen) atoms. The van der Waals surface area contributed by atoms with E-state index >= 15 is 0 Å². The minimum atomic E-state index is -0.837. The van der Waals surface area contributed by atoms with Crippen molar-refractivity contribution in [3.05, 3.63) is 38.9 Å². The van der Waals surface area contributed by atoms with Gasteiger partial charge in [0.05, 0.1) is 23.7 Å². The summed E-state index contributed by atoms with van der Waals surface area (Å²) >= 11 is 3.08. The molecular formula is C10H7BrN2O4. The number of hydrogen-bond donors (Lipinski definition) is 0. The third-order valence-electron chi connectivity index (χ3n) is 2.05. The summed E-state index contributed by atoms with van der Waals surface area (Å²) in [4.78, 5) is 21.7. The molecule has 0 aliphatic carbocycles. The Kier molecular flexibility index (Phi) is 4.17. The van der Waals surface area contributed by atoms with Gasteiger partial charge in [-0.3, -0.25) is 10.1 Å². The van der Waals surface area contributed by atoms with E-state index in [1.165, 1.54) is 6.07 Å². The van der Waals surface area contributed by atoms with Crippen LogP contribution >= 0.6 is 15.9 Å². The number of halogens is 1. The van der Waals surface area contributed by atoms with E-state index in [9.17, 15) is 14.9 Å². The number of methoxy groups -OCH3 is 1. The predicted octanol–water partition coefficient (Wildman–Crippen LogP) is 2.15. The molecule has 1 aromatic rings. The van der Waals surface area contributed by atoms with Crippen molar-refractivity contribution >= 4 is 27.6 Å².